The van der Waals surface area contributed by atoms with Crippen LogP contribution >= 0.6 is 11.3 Å². The quantitative estimate of drug-likeness (QED) is 0.0874. The Morgan fingerprint density at radius 3 is 2.26 bits per heavy atom. The summed E-state index contributed by atoms with van der Waals surface area (Å²) in [6.07, 6.45) is 3.13. The van der Waals surface area contributed by atoms with Gasteiger partial charge in [-0.05, 0) is 41.3 Å². The Labute approximate surface area is 250 Å². The molecule has 205 valence electrons. The summed E-state index contributed by atoms with van der Waals surface area (Å²) in [5.41, 5.74) is 3.53. The van der Waals surface area contributed by atoms with E-state index in [1.54, 1.807) is 0 Å². The van der Waals surface area contributed by atoms with Crippen LogP contribution in [-0.2, 0) is 30.3 Å². The first kappa shape index (κ1) is 30.9. The van der Waals surface area contributed by atoms with Crippen molar-refractivity contribution in [1.82, 2.24) is 4.98 Å². The third-order valence-electron chi connectivity index (χ3n) is 6.47. The number of hydrogen-bond donors (Lipinski definition) is 1. The number of ketones is 1. The average Bonchev–Trinajstić information content (AvgIpc) is 3.20. The van der Waals surface area contributed by atoms with Crippen LogP contribution in [0, 0.1) is 6.07 Å². The van der Waals surface area contributed by atoms with Crippen LogP contribution in [0.4, 0.5) is 0 Å². The molecule has 0 aliphatic heterocycles. The fourth-order valence-corrected chi connectivity index (χ4v) is 8.41. The van der Waals surface area contributed by atoms with Crippen LogP contribution in [0.3, 0.4) is 0 Å². The molecule has 5 aromatic rings. The molecular weight excluding hydrogens is 695 g/mol. The van der Waals surface area contributed by atoms with Crippen molar-refractivity contribution in [2.45, 2.75) is 59.7 Å². The van der Waals surface area contributed by atoms with Crippen molar-refractivity contribution in [2.24, 2.45) is 0 Å². The van der Waals surface area contributed by atoms with Crippen LogP contribution in [0.25, 0.3) is 42.2 Å². The molecule has 0 aliphatic rings. The summed E-state index contributed by atoms with van der Waals surface area (Å²) in [7, 11) is -1.45. The summed E-state index contributed by atoms with van der Waals surface area (Å²) in [6, 6.07) is 23.6. The summed E-state index contributed by atoms with van der Waals surface area (Å²) in [5.74, 6) is -0.0625. The molecule has 0 saturated carbocycles. The Hall–Kier alpha value is -2.63. The smallest absolute Gasteiger partial charge is 0.155 e. The van der Waals surface area contributed by atoms with Crippen LogP contribution in [-0.4, -0.2) is 23.9 Å². The van der Waals surface area contributed by atoms with Crippen molar-refractivity contribution in [1.29, 1.82) is 0 Å². The second-order valence-corrected chi connectivity index (χ2v) is 17.9. The second kappa shape index (κ2) is 11.9. The van der Waals surface area contributed by atoms with E-state index in [0.717, 1.165) is 16.6 Å². The Morgan fingerprint density at radius 2 is 1.67 bits per heavy atom. The van der Waals surface area contributed by atoms with Crippen LogP contribution in [0.5, 0.6) is 0 Å². The van der Waals surface area contributed by atoms with Crippen LogP contribution in [0.1, 0.15) is 40.2 Å². The van der Waals surface area contributed by atoms with E-state index in [-0.39, 0.29) is 37.1 Å². The number of pyridine rings is 1. The zero-order valence-corrected chi connectivity index (χ0v) is 28.1. The molecule has 39 heavy (non-hydrogen) atoms. The molecule has 0 atom stereocenters. The summed E-state index contributed by atoms with van der Waals surface area (Å²) in [6.45, 7) is 17.0. The standard InChI is InChI=1S/C28H28NSSi.C5H8O2.Ir/c1-28(2,3)22-17-19(16-18-10-7-8-11-20(18)22)26-25-21-12-9-13-24(31(4,5)6)27(21)30-23(25)14-15-29-26;1-4(6)3-5(2)7;/h7-15,17H,1-6H3;3,6H,1-2H3;/q-1;;/b;4-3-;. The van der Waals surface area contributed by atoms with Gasteiger partial charge in [-0.3, -0.25) is 9.78 Å². The van der Waals surface area contributed by atoms with Gasteiger partial charge in [0.25, 0.3) is 0 Å². The molecule has 5 rings (SSSR count). The molecule has 0 aliphatic carbocycles. The maximum absolute atomic E-state index is 10.0. The minimum absolute atomic E-state index is 0. The molecule has 0 spiro atoms. The molecule has 0 fully saturated rings. The van der Waals surface area contributed by atoms with Gasteiger partial charge in [-0.25, -0.2) is 0 Å². The Balaban J connectivity index is 0.000000468. The van der Waals surface area contributed by atoms with Gasteiger partial charge in [0, 0.05) is 47.5 Å². The van der Waals surface area contributed by atoms with Crippen LogP contribution < -0.4 is 5.19 Å². The minimum atomic E-state index is -1.45. The summed E-state index contributed by atoms with van der Waals surface area (Å²) >= 11 is 1.92. The monoisotopic (exact) mass is 731 g/mol. The van der Waals surface area contributed by atoms with Gasteiger partial charge in [0.1, 0.15) is 0 Å². The number of hydrogen-bond acceptors (Lipinski definition) is 4. The first-order valence-corrected chi connectivity index (χ1v) is 17.2. The van der Waals surface area contributed by atoms with Crippen molar-refractivity contribution in [3.05, 3.63) is 84.3 Å². The van der Waals surface area contributed by atoms with Gasteiger partial charge < -0.3 is 5.11 Å². The molecular formula is C33H36IrNO2SSi-. The first-order valence-electron chi connectivity index (χ1n) is 12.9. The average molecular weight is 731 g/mol. The maximum Gasteiger partial charge on any atom is 0.155 e. The van der Waals surface area contributed by atoms with E-state index in [2.05, 4.69) is 101 Å². The van der Waals surface area contributed by atoms with Gasteiger partial charge in [0.05, 0.1) is 13.8 Å². The number of thiophene rings is 1. The third-order valence-corrected chi connectivity index (χ3v) is 9.89. The molecule has 1 radical (unpaired) electrons. The molecule has 0 bridgehead atoms. The third kappa shape index (κ3) is 6.75. The van der Waals surface area contributed by atoms with E-state index in [0.29, 0.717) is 0 Å². The van der Waals surface area contributed by atoms with Crippen LogP contribution in [0.15, 0.2) is 72.6 Å². The topological polar surface area (TPSA) is 50.2 Å². The Morgan fingerprint density at radius 1 is 1.00 bits per heavy atom. The number of nitrogens with zero attached hydrogens (tertiary/aromatic N) is 1. The van der Waals surface area contributed by atoms with Gasteiger partial charge >= 0.3 is 0 Å². The first-order chi connectivity index (χ1) is 17.8. The van der Waals surface area contributed by atoms with E-state index < -0.39 is 8.07 Å². The molecule has 3 aromatic carbocycles. The zero-order chi connectivity index (χ0) is 27.8. The second-order valence-electron chi connectivity index (χ2n) is 11.9. The number of allylic oxidation sites excluding steroid dienone is 2. The van der Waals surface area contributed by atoms with E-state index in [1.807, 2.05) is 17.5 Å². The molecule has 0 amide bonds. The molecule has 6 heteroatoms. The molecule has 2 aromatic heterocycles. The van der Waals surface area contributed by atoms with Crippen LogP contribution in [0.2, 0.25) is 19.6 Å². The Kier molecular flexibility index (Phi) is 9.39. The summed E-state index contributed by atoms with van der Waals surface area (Å²) < 4.78 is 2.74. The van der Waals surface area contributed by atoms with Gasteiger partial charge in [-0.15, -0.1) is 40.5 Å². The van der Waals surface area contributed by atoms with Gasteiger partial charge in [-0.2, -0.15) is 0 Å². The van der Waals surface area contributed by atoms with Crippen molar-refractivity contribution in [3.8, 4) is 11.3 Å². The summed E-state index contributed by atoms with van der Waals surface area (Å²) in [5, 5.41) is 14.9. The maximum atomic E-state index is 10.0. The minimum Gasteiger partial charge on any atom is -0.512 e. The molecule has 2 heterocycles. The number of carbonyl (C=O) groups is 1. The molecule has 0 unspecified atom stereocenters. The van der Waals surface area contributed by atoms with Crippen molar-refractivity contribution in [2.75, 3.05) is 0 Å². The SMILES string of the molecule is CC(=O)/C=C(/C)O.CC(C)(C)c1cc(-c2nccc3sc4c([Si](C)(C)C)cccc4c23)[c-]c2ccccc12.[Ir]. The fourth-order valence-electron chi connectivity index (χ4n) is 4.81. The molecule has 3 nitrogen and oxygen atoms in total. The number of aliphatic hydroxyl groups excluding tert-OH is 1. The predicted octanol–water partition coefficient (Wildman–Crippen LogP) is 8.95. The van der Waals surface area contributed by atoms with Gasteiger partial charge in [0.15, 0.2) is 5.78 Å². The Bertz CT molecular complexity index is 1690. The predicted molar refractivity (Wildman–Crippen MR) is 168 cm³/mol. The van der Waals surface area contributed by atoms with E-state index in [9.17, 15) is 4.79 Å². The van der Waals surface area contributed by atoms with Crippen molar-refractivity contribution < 1.29 is 30.0 Å². The van der Waals surface area contributed by atoms with Gasteiger partial charge in [-0.1, -0.05) is 87.8 Å². The van der Waals surface area contributed by atoms with E-state index in [4.69, 9.17) is 10.1 Å². The van der Waals surface area contributed by atoms with Gasteiger partial charge in [0.2, 0.25) is 0 Å². The number of rotatable bonds is 3. The van der Waals surface area contributed by atoms with E-state index in [1.165, 1.54) is 56.2 Å². The fraction of sp³-hybridized carbons (Fsp3) is 0.273. The van der Waals surface area contributed by atoms with E-state index >= 15 is 0 Å². The summed E-state index contributed by atoms with van der Waals surface area (Å²) in [4.78, 5) is 14.9. The molecule has 1 N–H and O–H groups in total. The number of carbonyl (C=O) groups excluding carboxylic acids is 1. The van der Waals surface area contributed by atoms with Crippen molar-refractivity contribution >= 4 is 61.3 Å². The van der Waals surface area contributed by atoms with Crippen molar-refractivity contribution in [3.63, 3.8) is 0 Å². The number of fused-ring (bicyclic) bond motifs is 4. The molecule has 0 saturated heterocycles. The number of aromatic nitrogens is 1. The number of benzene rings is 3. The normalized spacial score (nSPS) is 12.3. The number of aliphatic hydroxyl groups is 1. The zero-order valence-electron chi connectivity index (χ0n) is 23.9. The largest absolute Gasteiger partial charge is 0.512 e.